The Hall–Kier alpha value is -1.16. The van der Waals surface area contributed by atoms with Crippen LogP contribution >= 0.6 is 15.9 Å². The first-order chi connectivity index (χ1) is 6.11. The minimum absolute atomic E-state index is 0.131. The van der Waals surface area contributed by atoms with Crippen molar-refractivity contribution in [2.45, 2.75) is 6.92 Å². The first-order valence-corrected chi connectivity index (χ1v) is 4.48. The van der Waals surface area contributed by atoms with Crippen LogP contribution in [0.25, 0.3) is 6.08 Å². The molecule has 0 atom stereocenters. The van der Waals surface area contributed by atoms with Crippen molar-refractivity contribution in [2.75, 3.05) is 0 Å². The Bertz CT molecular complexity index is 360. The lowest BCUT2D eigenvalue weighted by molar-refractivity contribution is -0.422. The molecule has 0 fully saturated rings. The molecule has 0 aliphatic carbocycles. The van der Waals surface area contributed by atoms with Gasteiger partial charge >= 0.3 is 0 Å². The van der Waals surface area contributed by atoms with Gasteiger partial charge in [0.05, 0.1) is 4.92 Å². The molecule has 0 unspecified atom stereocenters. The maximum atomic E-state index is 10.3. The van der Waals surface area contributed by atoms with Crippen molar-refractivity contribution in [1.82, 2.24) is 0 Å². The fourth-order valence-electron chi connectivity index (χ4n) is 0.870. The average molecular weight is 242 g/mol. The zero-order valence-corrected chi connectivity index (χ0v) is 8.61. The van der Waals surface area contributed by atoms with Gasteiger partial charge < -0.3 is 0 Å². The Balaban J connectivity index is 3.04. The third-order valence-electron chi connectivity index (χ3n) is 1.56. The Morgan fingerprint density at radius 3 is 2.69 bits per heavy atom. The summed E-state index contributed by atoms with van der Waals surface area (Å²) in [4.78, 5) is 9.93. The summed E-state index contributed by atoms with van der Waals surface area (Å²) in [7, 11) is 0. The van der Waals surface area contributed by atoms with E-state index in [2.05, 4.69) is 15.9 Å². The molecule has 0 aliphatic rings. The van der Waals surface area contributed by atoms with E-state index in [0.29, 0.717) is 0 Å². The third-order valence-corrected chi connectivity index (χ3v) is 2.28. The second kappa shape index (κ2) is 4.18. The number of rotatable bonds is 2. The topological polar surface area (TPSA) is 43.1 Å². The maximum Gasteiger partial charge on any atom is 0.243 e. The van der Waals surface area contributed by atoms with Crippen molar-refractivity contribution >= 4 is 22.0 Å². The summed E-state index contributed by atoms with van der Waals surface area (Å²) < 4.78 is 0.858. The van der Waals surface area contributed by atoms with E-state index in [1.54, 1.807) is 0 Å². The van der Waals surface area contributed by atoms with Crippen LogP contribution < -0.4 is 0 Å². The number of nitro groups is 1. The smallest absolute Gasteiger partial charge is 0.243 e. The monoisotopic (exact) mass is 241 g/mol. The highest BCUT2D eigenvalue weighted by Gasteiger charge is 2.03. The first-order valence-electron chi connectivity index (χ1n) is 3.68. The zero-order valence-electron chi connectivity index (χ0n) is 7.03. The quantitative estimate of drug-likeness (QED) is 0.590. The zero-order chi connectivity index (χ0) is 9.84. The molecule has 1 rings (SSSR count). The molecular weight excluding hydrogens is 234 g/mol. The summed E-state index contributed by atoms with van der Waals surface area (Å²) in [6.07, 6.45) is 1.53. The molecule has 0 saturated carbocycles. The van der Waals surface area contributed by atoms with Crippen molar-refractivity contribution in [1.29, 1.82) is 0 Å². The Kier molecular flexibility index (Phi) is 3.19. The number of benzene rings is 1. The van der Waals surface area contributed by atoms with Gasteiger partial charge in [-0.25, -0.2) is 0 Å². The van der Waals surface area contributed by atoms with Crippen LogP contribution in [0.15, 0.2) is 34.4 Å². The normalized spacial score (nSPS) is 11.4. The summed E-state index contributed by atoms with van der Waals surface area (Å²) >= 11 is 3.31. The van der Waals surface area contributed by atoms with E-state index in [1.165, 1.54) is 13.0 Å². The molecule has 0 heterocycles. The van der Waals surface area contributed by atoms with Crippen LogP contribution in [-0.4, -0.2) is 4.92 Å². The molecule has 0 N–H and O–H groups in total. The maximum absolute atomic E-state index is 10.3. The molecule has 0 amide bonds. The van der Waals surface area contributed by atoms with Crippen LogP contribution in [0.5, 0.6) is 0 Å². The van der Waals surface area contributed by atoms with Crippen LogP contribution in [0.2, 0.25) is 0 Å². The van der Waals surface area contributed by atoms with E-state index in [-0.39, 0.29) is 5.70 Å². The van der Waals surface area contributed by atoms with E-state index in [9.17, 15) is 10.1 Å². The van der Waals surface area contributed by atoms with Gasteiger partial charge in [-0.1, -0.05) is 34.1 Å². The predicted octanol–water partition coefficient (Wildman–Crippen LogP) is 3.09. The number of halogens is 1. The van der Waals surface area contributed by atoms with Crippen molar-refractivity contribution < 1.29 is 4.92 Å². The van der Waals surface area contributed by atoms with Gasteiger partial charge in [-0.2, -0.15) is 0 Å². The number of hydrogen-bond acceptors (Lipinski definition) is 2. The Morgan fingerprint density at radius 2 is 2.15 bits per heavy atom. The standard InChI is InChI=1S/C9H8BrNO2/c1-7(11(12)13)6-8-4-2-3-5-9(8)10/h2-6H,1H3. The minimum atomic E-state index is -0.403. The van der Waals surface area contributed by atoms with Crippen LogP contribution in [0.4, 0.5) is 0 Å². The SMILES string of the molecule is CC(=Cc1ccccc1Br)[N+](=O)[O-]. The molecule has 0 spiro atoms. The molecule has 0 aliphatic heterocycles. The van der Waals surface area contributed by atoms with Crippen molar-refractivity contribution in [3.8, 4) is 0 Å². The molecule has 0 bridgehead atoms. The predicted molar refractivity (Wildman–Crippen MR) is 54.8 cm³/mol. The first kappa shape index (κ1) is 9.92. The largest absolute Gasteiger partial charge is 0.259 e. The van der Waals surface area contributed by atoms with E-state index in [1.807, 2.05) is 24.3 Å². The lowest BCUT2D eigenvalue weighted by Crippen LogP contribution is -1.93. The highest BCUT2D eigenvalue weighted by atomic mass is 79.9. The summed E-state index contributed by atoms with van der Waals surface area (Å²) in [6.45, 7) is 1.47. The molecule has 1 aromatic carbocycles. The molecule has 1 aromatic rings. The van der Waals surface area contributed by atoms with Gasteiger partial charge in [-0.05, 0) is 11.6 Å². The summed E-state index contributed by atoms with van der Waals surface area (Å²) in [6, 6.07) is 7.36. The third kappa shape index (κ3) is 2.66. The molecule has 13 heavy (non-hydrogen) atoms. The fraction of sp³-hybridized carbons (Fsp3) is 0.111. The summed E-state index contributed by atoms with van der Waals surface area (Å²) in [5, 5.41) is 10.3. The number of hydrogen-bond donors (Lipinski definition) is 0. The molecule has 0 radical (unpaired) electrons. The molecular formula is C9H8BrNO2. The molecule has 0 aromatic heterocycles. The van der Waals surface area contributed by atoms with Crippen LogP contribution in [0.1, 0.15) is 12.5 Å². The van der Waals surface area contributed by atoms with Gasteiger partial charge in [-0.15, -0.1) is 0 Å². The van der Waals surface area contributed by atoms with Crippen molar-refractivity contribution in [3.63, 3.8) is 0 Å². The Morgan fingerprint density at radius 1 is 1.54 bits per heavy atom. The lowest BCUT2D eigenvalue weighted by Gasteiger charge is -1.96. The van der Waals surface area contributed by atoms with Crippen LogP contribution in [0, 0.1) is 10.1 Å². The molecule has 4 heteroatoms. The van der Waals surface area contributed by atoms with Gasteiger partial charge in [0, 0.05) is 17.5 Å². The lowest BCUT2D eigenvalue weighted by atomic mass is 10.2. The van der Waals surface area contributed by atoms with Gasteiger partial charge in [0.25, 0.3) is 0 Å². The fourth-order valence-corrected chi connectivity index (χ4v) is 1.27. The number of allylic oxidation sites excluding steroid dienone is 1. The second-order valence-electron chi connectivity index (χ2n) is 2.56. The molecule has 0 saturated heterocycles. The van der Waals surface area contributed by atoms with E-state index < -0.39 is 4.92 Å². The van der Waals surface area contributed by atoms with Gasteiger partial charge in [0.15, 0.2) is 0 Å². The summed E-state index contributed by atoms with van der Waals surface area (Å²) in [5.41, 5.74) is 0.948. The van der Waals surface area contributed by atoms with E-state index in [0.717, 1.165) is 10.0 Å². The van der Waals surface area contributed by atoms with Gasteiger partial charge in [-0.3, -0.25) is 10.1 Å². The highest BCUT2D eigenvalue weighted by Crippen LogP contribution is 2.18. The van der Waals surface area contributed by atoms with Crippen molar-refractivity contribution in [3.05, 3.63) is 50.1 Å². The van der Waals surface area contributed by atoms with Crippen LogP contribution in [0.3, 0.4) is 0 Å². The van der Waals surface area contributed by atoms with Crippen LogP contribution in [-0.2, 0) is 0 Å². The Labute approximate surface area is 84.4 Å². The summed E-state index contributed by atoms with van der Waals surface area (Å²) in [5.74, 6) is 0. The van der Waals surface area contributed by atoms with Gasteiger partial charge in [0.1, 0.15) is 0 Å². The van der Waals surface area contributed by atoms with E-state index in [4.69, 9.17) is 0 Å². The molecule has 3 nitrogen and oxygen atoms in total. The number of nitrogens with zero attached hydrogens (tertiary/aromatic N) is 1. The molecule has 68 valence electrons. The highest BCUT2D eigenvalue weighted by molar-refractivity contribution is 9.10. The minimum Gasteiger partial charge on any atom is -0.259 e. The average Bonchev–Trinajstić information content (AvgIpc) is 2.08. The van der Waals surface area contributed by atoms with Gasteiger partial charge in [0.2, 0.25) is 5.70 Å². The van der Waals surface area contributed by atoms with Crippen molar-refractivity contribution in [2.24, 2.45) is 0 Å². The van der Waals surface area contributed by atoms with E-state index >= 15 is 0 Å². The second-order valence-corrected chi connectivity index (χ2v) is 3.42.